The van der Waals surface area contributed by atoms with E-state index in [1.54, 1.807) is 6.26 Å². The van der Waals surface area contributed by atoms with Gasteiger partial charge in [-0.05, 0) is 31.3 Å². The molecule has 16 nitrogen and oxygen atoms in total. The zero-order valence-corrected chi connectivity index (χ0v) is 20.5. The van der Waals surface area contributed by atoms with Crippen LogP contribution in [-0.2, 0) is 28.8 Å². The molecule has 0 heterocycles. The predicted molar refractivity (Wildman–Crippen MR) is 129 cm³/mol. The molecule has 3 amide bonds. The molecule has 0 aliphatic rings. The van der Waals surface area contributed by atoms with Crippen molar-refractivity contribution in [2.24, 2.45) is 22.2 Å². The molecule has 36 heavy (non-hydrogen) atoms. The van der Waals surface area contributed by atoms with Gasteiger partial charge in [-0.25, -0.2) is 4.79 Å². The lowest BCUT2D eigenvalue weighted by Crippen LogP contribution is -2.57. The number of hydrogen-bond donors (Lipinski definition) is 9. The Morgan fingerprint density at radius 2 is 1.31 bits per heavy atom. The largest absolute Gasteiger partial charge is 0.481 e. The van der Waals surface area contributed by atoms with Crippen LogP contribution in [0.3, 0.4) is 0 Å². The highest BCUT2D eigenvalue weighted by molar-refractivity contribution is 7.98. The summed E-state index contributed by atoms with van der Waals surface area (Å²) in [6, 6.07) is -5.69. The maximum absolute atomic E-state index is 12.9. The topological polar surface area (TPSA) is 290 Å². The highest BCUT2D eigenvalue weighted by Crippen LogP contribution is 2.06. The van der Waals surface area contributed by atoms with E-state index in [-0.39, 0.29) is 31.8 Å². The number of carboxylic acids is 3. The van der Waals surface area contributed by atoms with Gasteiger partial charge in [-0.3, -0.25) is 29.0 Å². The smallest absolute Gasteiger partial charge is 0.326 e. The van der Waals surface area contributed by atoms with Gasteiger partial charge in [0.25, 0.3) is 0 Å². The van der Waals surface area contributed by atoms with Gasteiger partial charge in [-0.15, -0.1) is 0 Å². The second-order valence-electron chi connectivity index (χ2n) is 7.55. The molecule has 0 radical (unpaired) electrons. The molecule has 0 fully saturated rings. The number of thioether (sulfide) groups is 1. The lowest BCUT2D eigenvalue weighted by Gasteiger charge is -2.25. The molecular formula is C19H33N7O9S. The second kappa shape index (κ2) is 16.9. The molecule has 0 rings (SSSR count). The molecule has 0 aromatic carbocycles. The van der Waals surface area contributed by atoms with Crippen LogP contribution in [0.25, 0.3) is 0 Å². The maximum Gasteiger partial charge on any atom is 0.326 e. The van der Waals surface area contributed by atoms with Gasteiger partial charge in [-0.1, -0.05) is 0 Å². The predicted octanol–water partition coefficient (Wildman–Crippen LogP) is -3.39. The number of carboxylic acid groups (broad SMARTS) is 3. The fourth-order valence-corrected chi connectivity index (χ4v) is 3.23. The monoisotopic (exact) mass is 535 g/mol. The number of aliphatic carboxylic acids is 3. The number of nitrogens with two attached hydrogens (primary N) is 3. The van der Waals surface area contributed by atoms with Crippen LogP contribution < -0.4 is 33.2 Å². The van der Waals surface area contributed by atoms with E-state index in [4.69, 9.17) is 27.4 Å². The normalized spacial score (nSPS) is 13.8. The number of amides is 3. The van der Waals surface area contributed by atoms with Crippen molar-refractivity contribution in [1.29, 1.82) is 0 Å². The first-order chi connectivity index (χ1) is 16.8. The van der Waals surface area contributed by atoms with Gasteiger partial charge in [0, 0.05) is 6.54 Å². The van der Waals surface area contributed by atoms with Crippen molar-refractivity contribution in [3.8, 4) is 0 Å². The minimum Gasteiger partial charge on any atom is -0.481 e. The molecule has 4 atom stereocenters. The summed E-state index contributed by atoms with van der Waals surface area (Å²) in [4.78, 5) is 74.7. The molecular weight excluding hydrogens is 502 g/mol. The van der Waals surface area contributed by atoms with Crippen LogP contribution >= 0.6 is 11.8 Å². The molecule has 0 saturated carbocycles. The second-order valence-corrected chi connectivity index (χ2v) is 8.54. The first kappa shape index (κ1) is 32.4. The van der Waals surface area contributed by atoms with E-state index in [0.29, 0.717) is 5.75 Å². The molecule has 0 bridgehead atoms. The SMILES string of the molecule is CSCCC(NC(=O)C(N)CC(=O)O)C(=O)NC(CCCN=C(N)N)C(=O)NC(CC(=O)O)C(=O)O. The van der Waals surface area contributed by atoms with Gasteiger partial charge < -0.3 is 48.5 Å². The van der Waals surface area contributed by atoms with Crippen LogP contribution in [0, 0.1) is 0 Å². The molecule has 0 spiro atoms. The van der Waals surface area contributed by atoms with Crippen LogP contribution in [0.2, 0.25) is 0 Å². The molecule has 12 N–H and O–H groups in total. The van der Waals surface area contributed by atoms with Gasteiger partial charge in [0.1, 0.15) is 18.1 Å². The fourth-order valence-electron chi connectivity index (χ4n) is 2.76. The van der Waals surface area contributed by atoms with Crippen molar-refractivity contribution >= 4 is 53.4 Å². The molecule has 0 aliphatic heterocycles. The molecule has 4 unspecified atom stereocenters. The molecule has 204 valence electrons. The Bertz CT molecular complexity index is 836. The highest BCUT2D eigenvalue weighted by Gasteiger charge is 2.31. The van der Waals surface area contributed by atoms with Crippen molar-refractivity contribution in [2.45, 2.75) is 56.3 Å². The molecule has 0 aliphatic carbocycles. The van der Waals surface area contributed by atoms with Crippen molar-refractivity contribution in [2.75, 3.05) is 18.6 Å². The van der Waals surface area contributed by atoms with Crippen LogP contribution in [-0.4, -0.2) is 99.6 Å². The van der Waals surface area contributed by atoms with Crippen LogP contribution in [0.15, 0.2) is 4.99 Å². The summed E-state index contributed by atoms with van der Waals surface area (Å²) in [5.41, 5.74) is 16.0. The quantitative estimate of drug-likeness (QED) is 0.0470. The van der Waals surface area contributed by atoms with Gasteiger partial charge in [0.05, 0.1) is 18.9 Å². The molecule has 0 aromatic rings. The fraction of sp³-hybridized carbons (Fsp3) is 0.632. The molecule has 0 aromatic heterocycles. The van der Waals surface area contributed by atoms with Gasteiger partial charge in [-0.2, -0.15) is 11.8 Å². The van der Waals surface area contributed by atoms with Crippen LogP contribution in [0.1, 0.15) is 32.1 Å². The van der Waals surface area contributed by atoms with Crippen molar-refractivity contribution in [3.63, 3.8) is 0 Å². The van der Waals surface area contributed by atoms with E-state index in [9.17, 15) is 33.9 Å². The van der Waals surface area contributed by atoms with Gasteiger partial charge in [0.2, 0.25) is 17.7 Å². The zero-order valence-electron chi connectivity index (χ0n) is 19.6. The number of nitrogens with one attached hydrogen (secondary N) is 3. The Morgan fingerprint density at radius 1 is 0.806 bits per heavy atom. The summed E-state index contributed by atoms with van der Waals surface area (Å²) in [5.74, 6) is -6.83. The standard InChI is InChI=1S/C19H33N7O9S/c1-36-6-4-11(24-15(31)9(20)7-13(27)28)17(33)25-10(3-2-5-23-19(21)22)16(32)26-12(18(34)35)8-14(29)30/h9-12H,2-8,20H2,1H3,(H,24,31)(H,25,33)(H,26,32)(H,27,28)(H,29,30)(H,34,35)(H4,21,22,23). The average molecular weight is 536 g/mol. The number of carbonyl (C=O) groups is 6. The van der Waals surface area contributed by atoms with E-state index in [2.05, 4.69) is 20.9 Å². The molecule has 0 saturated heterocycles. The van der Waals surface area contributed by atoms with E-state index in [0.717, 1.165) is 0 Å². The zero-order chi connectivity index (χ0) is 27.8. The summed E-state index contributed by atoms with van der Waals surface area (Å²) in [6.45, 7) is 0.0795. The van der Waals surface area contributed by atoms with Crippen molar-refractivity contribution in [3.05, 3.63) is 0 Å². The number of carbonyl (C=O) groups excluding carboxylic acids is 3. The van der Waals surface area contributed by atoms with Crippen molar-refractivity contribution in [1.82, 2.24) is 16.0 Å². The third-order valence-corrected chi connectivity index (χ3v) is 5.19. The molecule has 17 heteroatoms. The first-order valence-electron chi connectivity index (χ1n) is 10.7. The minimum absolute atomic E-state index is 0.0600. The van der Waals surface area contributed by atoms with Crippen molar-refractivity contribution < 1.29 is 44.1 Å². The summed E-state index contributed by atoms with van der Waals surface area (Å²) >= 11 is 1.36. The highest BCUT2D eigenvalue weighted by atomic mass is 32.2. The Kier molecular flexibility index (Phi) is 15.2. The number of guanidine groups is 1. The lowest BCUT2D eigenvalue weighted by molar-refractivity contribution is -0.147. The summed E-state index contributed by atoms with van der Waals surface area (Å²) in [6.07, 6.45) is 0.412. The lowest BCUT2D eigenvalue weighted by atomic mass is 10.1. The Morgan fingerprint density at radius 3 is 1.78 bits per heavy atom. The number of nitrogens with zero attached hydrogens (tertiary/aromatic N) is 1. The van der Waals surface area contributed by atoms with Gasteiger partial charge >= 0.3 is 17.9 Å². The maximum atomic E-state index is 12.9. The third kappa shape index (κ3) is 14.0. The first-order valence-corrected chi connectivity index (χ1v) is 12.0. The summed E-state index contributed by atoms with van der Waals surface area (Å²) < 4.78 is 0. The Balaban J connectivity index is 5.63. The van der Waals surface area contributed by atoms with E-state index < -0.39 is 72.6 Å². The minimum atomic E-state index is -1.76. The number of hydrogen-bond acceptors (Lipinski definition) is 9. The number of aliphatic imine (C=N–C) groups is 1. The summed E-state index contributed by atoms with van der Waals surface area (Å²) in [5, 5.41) is 33.7. The Hall–Kier alpha value is -3.60. The third-order valence-electron chi connectivity index (χ3n) is 4.55. The number of rotatable bonds is 18. The van der Waals surface area contributed by atoms with E-state index in [1.165, 1.54) is 11.8 Å². The Labute approximate surface area is 210 Å². The van der Waals surface area contributed by atoms with E-state index in [1.807, 2.05) is 0 Å². The van der Waals surface area contributed by atoms with Gasteiger partial charge in [0.15, 0.2) is 5.96 Å². The summed E-state index contributed by atoms with van der Waals surface area (Å²) in [7, 11) is 0. The average Bonchev–Trinajstić information content (AvgIpc) is 2.76. The van der Waals surface area contributed by atoms with Crippen LogP contribution in [0.4, 0.5) is 0 Å². The van der Waals surface area contributed by atoms with Crippen LogP contribution in [0.5, 0.6) is 0 Å². The van der Waals surface area contributed by atoms with E-state index >= 15 is 0 Å².